The highest BCUT2D eigenvalue weighted by atomic mass is 19.4. The summed E-state index contributed by atoms with van der Waals surface area (Å²) in [6.45, 7) is 1.28. The molecule has 0 unspecified atom stereocenters. The van der Waals surface area contributed by atoms with Crippen LogP contribution in [-0.4, -0.2) is 6.21 Å². The van der Waals surface area contributed by atoms with E-state index < -0.39 is 17.6 Å². The third-order valence-electron chi connectivity index (χ3n) is 2.76. The third kappa shape index (κ3) is 3.81. The Morgan fingerprint density at radius 2 is 1.76 bits per heavy atom. The smallest absolute Gasteiger partial charge is 0.279 e. The van der Waals surface area contributed by atoms with Crippen molar-refractivity contribution in [1.82, 2.24) is 0 Å². The molecule has 0 atom stereocenters. The number of aryl methyl sites for hydroxylation is 1. The zero-order valence-corrected chi connectivity index (χ0v) is 11.1. The van der Waals surface area contributed by atoms with Gasteiger partial charge in [-0.15, -0.1) is 0 Å². The molecular formula is C15H12F4N2. The van der Waals surface area contributed by atoms with Gasteiger partial charge in [0.15, 0.2) is 0 Å². The van der Waals surface area contributed by atoms with Gasteiger partial charge < -0.3 is 0 Å². The van der Waals surface area contributed by atoms with Crippen LogP contribution in [0.3, 0.4) is 0 Å². The molecule has 2 aromatic carbocycles. The van der Waals surface area contributed by atoms with E-state index in [0.29, 0.717) is 5.69 Å². The van der Waals surface area contributed by atoms with E-state index in [-0.39, 0.29) is 11.1 Å². The molecule has 0 aliphatic carbocycles. The maximum Gasteiger partial charge on any atom is 0.419 e. The number of nitrogens with zero attached hydrogens (tertiary/aromatic N) is 1. The van der Waals surface area contributed by atoms with Crippen LogP contribution >= 0.6 is 0 Å². The fourth-order valence-corrected chi connectivity index (χ4v) is 1.77. The van der Waals surface area contributed by atoms with Gasteiger partial charge in [0.25, 0.3) is 0 Å². The molecule has 0 amide bonds. The number of hydrazone groups is 1. The summed E-state index contributed by atoms with van der Waals surface area (Å²) in [5.74, 6) is -1.25. The number of rotatable bonds is 3. The molecule has 21 heavy (non-hydrogen) atoms. The molecule has 0 aliphatic heterocycles. The van der Waals surface area contributed by atoms with Gasteiger partial charge in [0.2, 0.25) is 0 Å². The Balaban J connectivity index is 2.23. The molecule has 0 saturated carbocycles. The maximum absolute atomic E-state index is 13.5. The number of para-hydroxylation sites is 1. The van der Waals surface area contributed by atoms with Gasteiger partial charge in [0.1, 0.15) is 5.82 Å². The summed E-state index contributed by atoms with van der Waals surface area (Å²) >= 11 is 0. The fourth-order valence-electron chi connectivity index (χ4n) is 1.77. The van der Waals surface area contributed by atoms with Crippen LogP contribution in [0, 0.1) is 12.7 Å². The molecule has 0 aromatic heterocycles. The molecule has 0 radical (unpaired) electrons. The summed E-state index contributed by atoms with van der Waals surface area (Å²) in [5.41, 5.74) is 2.18. The highest BCUT2D eigenvalue weighted by molar-refractivity contribution is 5.81. The highest BCUT2D eigenvalue weighted by Gasteiger charge is 2.34. The lowest BCUT2D eigenvalue weighted by Crippen LogP contribution is -2.10. The number of benzene rings is 2. The Hall–Kier alpha value is -2.37. The lowest BCUT2D eigenvalue weighted by Gasteiger charge is -2.10. The molecular weight excluding hydrogens is 284 g/mol. The van der Waals surface area contributed by atoms with Gasteiger partial charge in [0.05, 0.1) is 17.5 Å². The van der Waals surface area contributed by atoms with Crippen LogP contribution < -0.4 is 5.43 Å². The molecule has 0 bridgehead atoms. The summed E-state index contributed by atoms with van der Waals surface area (Å²) < 4.78 is 51.6. The largest absolute Gasteiger partial charge is 0.419 e. The van der Waals surface area contributed by atoms with E-state index in [9.17, 15) is 17.6 Å². The summed E-state index contributed by atoms with van der Waals surface area (Å²) in [7, 11) is 0. The number of hydrogen-bond acceptors (Lipinski definition) is 2. The van der Waals surface area contributed by atoms with Gasteiger partial charge in [-0.2, -0.15) is 18.3 Å². The average molecular weight is 296 g/mol. The van der Waals surface area contributed by atoms with Gasteiger partial charge in [-0.3, -0.25) is 5.43 Å². The zero-order valence-electron chi connectivity index (χ0n) is 11.1. The maximum atomic E-state index is 13.5. The van der Waals surface area contributed by atoms with E-state index >= 15 is 0 Å². The predicted molar refractivity (Wildman–Crippen MR) is 73.8 cm³/mol. The van der Waals surface area contributed by atoms with Crippen LogP contribution in [0.2, 0.25) is 0 Å². The van der Waals surface area contributed by atoms with Crippen LogP contribution in [0.15, 0.2) is 47.6 Å². The number of anilines is 1. The predicted octanol–water partition coefficient (Wildman–Crippen LogP) is 4.60. The van der Waals surface area contributed by atoms with Gasteiger partial charge in [-0.1, -0.05) is 18.2 Å². The Morgan fingerprint density at radius 1 is 1.10 bits per heavy atom. The molecule has 1 N–H and O–H groups in total. The van der Waals surface area contributed by atoms with Gasteiger partial charge >= 0.3 is 6.18 Å². The number of alkyl halides is 3. The van der Waals surface area contributed by atoms with E-state index in [0.717, 1.165) is 6.07 Å². The third-order valence-corrected chi connectivity index (χ3v) is 2.76. The van der Waals surface area contributed by atoms with Crippen LogP contribution in [-0.2, 0) is 6.18 Å². The quantitative estimate of drug-likeness (QED) is 0.499. The van der Waals surface area contributed by atoms with Crippen LogP contribution in [0.25, 0.3) is 0 Å². The van der Waals surface area contributed by atoms with Gasteiger partial charge in [-0.25, -0.2) is 4.39 Å². The van der Waals surface area contributed by atoms with Gasteiger partial charge in [0, 0.05) is 0 Å². The minimum Gasteiger partial charge on any atom is -0.279 e. The van der Waals surface area contributed by atoms with Crippen LogP contribution in [0.1, 0.15) is 16.7 Å². The molecule has 0 spiro atoms. The standard InChI is InChI=1S/C15H12F4N2/c1-10-7-11(8-13(14(10)16)15(17,18)19)9-20-21-12-5-3-2-4-6-12/h2-9,21H,1H3. The summed E-state index contributed by atoms with van der Waals surface area (Å²) in [5, 5.41) is 3.84. The first-order valence-corrected chi connectivity index (χ1v) is 6.09. The highest BCUT2D eigenvalue weighted by Crippen LogP contribution is 2.33. The second kappa shape index (κ2) is 5.95. The zero-order chi connectivity index (χ0) is 15.5. The Bertz CT molecular complexity index is 649. The average Bonchev–Trinajstić information content (AvgIpc) is 2.42. The minimum absolute atomic E-state index is 0.0778. The molecule has 2 aromatic rings. The Labute approximate surface area is 119 Å². The van der Waals surface area contributed by atoms with E-state index in [1.807, 2.05) is 6.07 Å². The van der Waals surface area contributed by atoms with Crippen molar-refractivity contribution in [2.24, 2.45) is 5.10 Å². The van der Waals surface area contributed by atoms with Crippen molar-refractivity contribution in [3.8, 4) is 0 Å². The van der Waals surface area contributed by atoms with Crippen molar-refractivity contribution in [2.75, 3.05) is 5.43 Å². The van der Waals surface area contributed by atoms with Crippen LogP contribution in [0.5, 0.6) is 0 Å². The van der Waals surface area contributed by atoms with E-state index in [4.69, 9.17) is 0 Å². The number of nitrogens with one attached hydrogen (secondary N) is 1. The van der Waals surface area contributed by atoms with Gasteiger partial charge in [-0.05, 0) is 42.3 Å². The molecule has 0 saturated heterocycles. The lowest BCUT2D eigenvalue weighted by atomic mass is 10.1. The van der Waals surface area contributed by atoms with Crippen LogP contribution in [0.4, 0.5) is 23.2 Å². The normalized spacial score (nSPS) is 11.9. The lowest BCUT2D eigenvalue weighted by molar-refractivity contribution is -0.140. The Kier molecular flexibility index (Phi) is 4.26. The fraction of sp³-hybridized carbons (Fsp3) is 0.133. The van der Waals surface area contributed by atoms with E-state index in [1.54, 1.807) is 24.3 Å². The first-order chi connectivity index (χ1) is 9.88. The van der Waals surface area contributed by atoms with Crippen molar-refractivity contribution in [3.63, 3.8) is 0 Å². The monoisotopic (exact) mass is 296 g/mol. The van der Waals surface area contributed by atoms with Crippen molar-refractivity contribution in [3.05, 3.63) is 65.0 Å². The molecule has 0 fully saturated rings. The van der Waals surface area contributed by atoms with E-state index in [1.165, 1.54) is 19.2 Å². The topological polar surface area (TPSA) is 24.4 Å². The SMILES string of the molecule is Cc1cc(C=NNc2ccccc2)cc(C(F)(F)F)c1F. The number of hydrogen-bond donors (Lipinski definition) is 1. The minimum atomic E-state index is -4.73. The molecule has 6 heteroatoms. The second-order valence-electron chi connectivity index (χ2n) is 4.43. The molecule has 110 valence electrons. The van der Waals surface area contributed by atoms with E-state index in [2.05, 4.69) is 10.5 Å². The summed E-state index contributed by atoms with van der Waals surface area (Å²) in [6, 6.07) is 11.0. The molecule has 2 rings (SSSR count). The summed E-state index contributed by atoms with van der Waals surface area (Å²) in [4.78, 5) is 0. The Morgan fingerprint density at radius 3 is 2.38 bits per heavy atom. The first-order valence-electron chi connectivity index (χ1n) is 6.09. The first kappa shape index (κ1) is 15.0. The second-order valence-corrected chi connectivity index (χ2v) is 4.43. The molecule has 0 aliphatic rings. The van der Waals surface area contributed by atoms with Crippen molar-refractivity contribution >= 4 is 11.9 Å². The number of halogens is 4. The molecule has 2 nitrogen and oxygen atoms in total. The molecule has 0 heterocycles. The van der Waals surface area contributed by atoms with Crippen molar-refractivity contribution in [1.29, 1.82) is 0 Å². The van der Waals surface area contributed by atoms with Crippen molar-refractivity contribution < 1.29 is 17.6 Å². The summed E-state index contributed by atoms with van der Waals surface area (Å²) in [6.07, 6.45) is -3.51. The van der Waals surface area contributed by atoms with Crippen molar-refractivity contribution in [2.45, 2.75) is 13.1 Å².